The quantitative estimate of drug-likeness (QED) is 0.171. The second kappa shape index (κ2) is 21.3. The first-order valence-electron chi connectivity index (χ1n) is 11.2. The Balaban J connectivity index is 0. The van der Waals surface area contributed by atoms with Crippen molar-refractivity contribution in [1.29, 1.82) is 0 Å². The van der Waals surface area contributed by atoms with Crippen molar-refractivity contribution in [2.45, 2.75) is 130 Å². The van der Waals surface area contributed by atoms with Crippen molar-refractivity contribution in [3.63, 3.8) is 0 Å². The number of carbonyl (C=O) groups is 2. The summed E-state index contributed by atoms with van der Waals surface area (Å²) in [6.07, 6.45) is 14.2. The fourth-order valence-corrected chi connectivity index (χ4v) is 4.96. The van der Waals surface area contributed by atoms with E-state index in [0.29, 0.717) is 12.2 Å². The van der Waals surface area contributed by atoms with E-state index in [0.717, 1.165) is 0 Å². The zero-order valence-electron chi connectivity index (χ0n) is 19.3. The standard InChI is InChI=1S/C12H25.C4H6O3.2C3H7O.Al/c1-3-5-7-9-11-12-10-8-6-4-2;1-3(5)2-4(6)7;2*1-3(2)4;/h1,3-12H2,2H3;2H2,1H3,(H,6,7);2*3H,1-2H3;/q;;2*-1;+2. The van der Waals surface area contributed by atoms with Crippen LogP contribution < -0.4 is 0 Å². The molecule has 1 N–H and O–H groups in total. The van der Waals surface area contributed by atoms with Gasteiger partial charge in [-0.05, 0) is 39.9 Å². The maximum Gasteiger partial charge on any atom is 0.674 e. The van der Waals surface area contributed by atoms with Gasteiger partial charge in [-0.2, -0.15) is 0 Å². The molecular weight excluding hydrogens is 371 g/mol. The predicted molar refractivity (Wildman–Crippen MR) is 118 cm³/mol. The van der Waals surface area contributed by atoms with Crippen LogP contribution >= 0.6 is 0 Å². The van der Waals surface area contributed by atoms with E-state index in [4.69, 9.17) is 12.7 Å². The van der Waals surface area contributed by atoms with Crippen molar-refractivity contribution in [1.82, 2.24) is 0 Å². The molecule has 0 unspecified atom stereocenters. The fourth-order valence-electron chi connectivity index (χ4n) is 2.79. The maximum atomic E-state index is 9.87. The third-order valence-electron chi connectivity index (χ3n) is 4.04. The highest BCUT2D eigenvalue weighted by atomic mass is 27.2. The van der Waals surface area contributed by atoms with Crippen LogP contribution in [0.5, 0.6) is 0 Å². The molecule has 0 aromatic carbocycles. The highest BCUT2D eigenvalue weighted by molar-refractivity contribution is 6.44. The van der Waals surface area contributed by atoms with E-state index < -0.39 is 20.8 Å². The molecule has 0 rings (SSSR count). The molecule has 0 aliphatic rings. The molecule has 0 aromatic rings. The van der Waals surface area contributed by atoms with Crippen molar-refractivity contribution in [3.05, 3.63) is 0 Å². The Kier molecular flexibility index (Phi) is 22.7. The molecule has 0 aromatic heterocycles. The van der Waals surface area contributed by atoms with E-state index in [-0.39, 0.29) is 12.2 Å². The molecule has 0 saturated carbocycles. The van der Waals surface area contributed by atoms with Gasteiger partial charge in [0.1, 0.15) is 12.2 Å². The van der Waals surface area contributed by atoms with Gasteiger partial charge in [0, 0.05) is 12.2 Å². The van der Waals surface area contributed by atoms with Crippen LogP contribution in [0.1, 0.15) is 112 Å². The lowest BCUT2D eigenvalue weighted by Crippen LogP contribution is -2.29. The molecule has 0 aliphatic carbocycles. The van der Waals surface area contributed by atoms with Gasteiger partial charge in [0.05, 0.1) is 0 Å². The zero-order chi connectivity index (χ0) is 21.8. The SMILES string of the molecule is CC(=O)CC(=O)O.CCCCCCCCCCC[CH2][Al]([O]C(C)C)[O]C(C)C. The second-order valence-electron chi connectivity index (χ2n) is 8.04. The molecule has 0 spiro atoms. The summed E-state index contributed by atoms with van der Waals surface area (Å²) in [7, 11) is 0. The molecule has 0 aliphatic heterocycles. The van der Waals surface area contributed by atoms with Crippen LogP contribution in [0.3, 0.4) is 0 Å². The predicted octanol–water partition coefficient (Wildman–Crippen LogP) is 6.30. The molecule has 6 heteroatoms. The van der Waals surface area contributed by atoms with E-state index >= 15 is 0 Å². The Labute approximate surface area is 178 Å². The van der Waals surface area contributed by atoms with Crippen LogP contribution in [0.25, 0.3) is 0 Å². The first kappa shape index (κ1) is 29.8. The summed E-state index contributed by atoms with van der Waals surface area (Å²) in [5.74, 6) is -1.37. The van der Waals surface area contributed by atoms with Crippen molar-refractivity contribution in [2.24, 2.45) is 0 Å². The van der Waals surface area contributed by atoms with Crippen LogP contribution in [0.4, 0.5) is 0 Å². The summed E-state index contributed by atoms with van der Waals surface area (Å²) in [5.41, 5.74) is 0. The van der Waals surface area contributed by atoms with Crippen molar-refractivity contribution >= 4 is 26.6 Å². The number of rotatable bonds is 17. The zero-order valence-corrected chi connectivity index (χ0v) is 20.5. The molecule has 0 saturated heterocycles. The number of ketones is 1. The van der Waals surface area contributed by atoms with Crippen molar-refractivity contribution in [3.8, 4) is 0 Å². The lowest BCUT2D eigenvalue weighted by molar-refractivity contribution is -0.139. The van der Waals surface area contributed by atoms with Crippen LogP contribution in [-0.4, -0.2) is 43.9 Å². The van der Waals surface area contributed by atoms with Gasteiger partial charge >= 0.3 is 20.8 Å². The number of carboxylic acids is 1. The van der Waals surface area contributed by atoms with Crippen LogP contribution in [-0.2, 0) is 17.2 Å². The van der Waals surface area contributed by atoms with E-state index in [2.05, 4.69) is 34.6 Å². The average molecular weight is 417 g/mol. The number of carbonyl (C=O) groups excluding carboxylic acids is 1. The summed E-state index contributed by atoms with van der Waals surface area (Å²) >= 11 is -1.43. The molecule has 0 heterocycles. The molecular formula is C22H45AlO5. The minimum absolute atomic E-state index is 0.309. The molecule has 0 fully saturated rings. The monoisotopic (exact) mass is 416 g/mol. The van der Waals surface area contributed by atoms with Gasteiger partial charge in [-0.25, -0.2) is 0 Å². The van der Waals surface area contributed by atoms with Gasteiger partial charge in [-0.15, -0.1) is 0 Å². The van der Waals surface area contributed by atoms with Gasteiger partial charge in [-0.3, -0.25) is 9.59 Å². The highest BCUT2D eigenvalue weighted by Gasteiger charge is 2.26. The Morgan fingerprint density at radius 1 is 0.786 bits per heavy atom. The third kappa shape index (κ3) is 27.8. The summed E-state index contributed by atoms with van der Waals surface area (Å²) in [5, 5.41) is 9.04. The van der Waals surface area contributed by atoms with Gasteiger partial charge < -0.3 is 12.7 Å². The van der Waals surface area contributed by atoms with Crippen molar-refractivity contribution < 1.29 is 22.3 Å². The molecule has 0 radical (unpaired) electrons. The molecule has 0 bridgehead atoms. The highest BCUT2D eigenvalue weighted by Crippen LogP contribution is 2.14. The number of Topliss-reactive ketones (excluding diaryl/α,β-unsaturated/α-hetero) is 1. The Hall–Kier alpha value is -0.408. The van der Waals surface area contributed by atoms with Crippen LogP contribution in [0, 0.1) is 0 Å². The average Bonchev–Trinajstić information content (AvgIpc) is 2.54. The minimum atomic E-state index is -1.43. The summed E-state index contributed by atoms with van der Waals surface area (Å²) in [4.78, 5) is 19.5. The third-order valence-corrected chi connectivity index (χ3v) is 6.62. The van der Waals surface area contributed by atoms with E-state index in [1.807, 2.05) is 0 Å². The van der Waals surface area contributed by atoms with Gasteiger partial charge in [0.2, 0.25) is 0 Å². The van der Waals surface area contributed by atoms with Crippen LogP contribution in [0.2, 0.25) is 5.28 Å². The van der Waals surface area contributed by atoms with Gasteiger partial charge in [0.15, 0.2) is 0 Å². The number of unbranched alkanes of at least 4 members (excludes halogenated alkanes) is 9. The number of hydrogen-bond donors (Lipinski definition) is 1. The number of aliphatic carboxylic acids is 1. The minimum Gasteiger partial charge on any atom is -0.481 e. The number of hydrogen-bond acceptors (Lipinski definition) is 4. The normalized spacial score (nSPS) is 10.7. The largest absolute Gasteiger partial charge is 0.674 e. The lowest BCUT2D eigenvalue weighted by Gasteiger charge is -2.18. The fraction of sp³-hybridized carbons (Fsp3) is 0.909. The Morgan fingerprint density at radius 3 is 1.46 bits per heavy atom. The molecule has 166 valence electrons. The summed E-state index contributed by atoms with van der Waals surface area (Å²) in [6, 6.07) is 0. The molecule has 0 amide bonds. The number of carboxylic acid groups (broad SMARTS) is 1. The second-order valence-corrected chi connectivity index (χ2v) is 10.0. The molecule has 0 atom stereocenters. The summed E-state index contributed by atoms with van der Waals surface area (Å²) in [6.45, 7) is 12.0. The lowest BCUT2D eigenvalue weighted by atomic mass is 10.1. The summed E-state index contributed by atoms with van der Waals surface area (Å²) < 4.78 is 11.9. The van der Waals surface area contributed by atoms with Gasteiger partial charge in [-0.1, -0.05) is 71.1 Å². The Bertz CT molecular complexity index is 350. The van der Waals surface area contributed by atoms with Crippen molar-refractivity contribution in [2.75, 3.05) is 0 Å². The molecule has 28 heavy (non-hydrogen) atoms. The maximum absolute atomic E-state index is 9.87. The van der Waals surface area contributed by atoms with Gasteiger partial charge in [0.25, 0.3) is 0 Å². The van der Waals surface area contributed by atoms with E-state index in [1.54, 1.807) is 0 Å². The first-order chi connectivity index (χ1) is 13.2. The Morgan fingerprint density at radius 2 is 1.18 bits per heavy atom. The van der Waals surface area contributed by atoms with E-state index in [9.17, 15) is 9.59 Å². The van der Waals surface area contributed by atoms with Crippen LogP contribution in [0.15, 0.2) is 0 Å². The van der Waals surface area contributed by atoms with E-state index in [1.165, 1.54) is 76.4 Å². The topological polar surface area (TPSA) is 72.8 Å². The first-order valence-corrected chi connectivity index (χ1v) is 13.0. The molecule has 5 nitrogen and oxygen atoms in total. The smallest absolute Gasteiger partial charge is 0.481 e.